The van der Waals surface area contributed by atoms with E-state index in [9.17, 15) is 9.90 Å². The lowest BCUT2D eigenvalue weighted by atomic mass is 9.85. The number of nitrogens with zero attached hydrogens (tertiary/aromatic N) is 2. The second kappa shape index (κ2) is 6.02. The van der Waals surface area contributed by atoms with Gasteiger partial charge in [0.25, 0.3) is 0 Å². The maximum Gasteiger partial charge on any atom is 0.339 e. The molecule has 0 unspecified atom stereocenters. The SMILES string of the molecule is O=C(O)c1cn(-c2cccc(Br)c2)nc1C1CCCCC1. The third kappa shape index (κ3) is 3.02. The van der Waals surface area contributed by atoms with Gasteiger partial charge in [0.15, 0.2) is 0 Å². The van der Waals surface area contributed by atoms with Crippen molar-refractivity contribution in [2.75, 3.05) is 0 Å². The van der Waals surface area contributed by atoms with E-state index in [2.05, 4.69) is 21.0 Å². The minimum absolute atomic E-state index is 0.276. The highest BCUT2D eigenvalue weighted by Crippen LogP contribution is 2.34. The Morgan fingerprint density at radius 3 is 2.71 bits per heavy atom. The van der Waals surface area contributed by atoms with E-state index in [1.165, 1.54) is 6.42 Å². The number of benzene rings is 1. The zero-order valence-corrected chi connectivity index (χ0v) is 13.2. The van der Waals surface area contributed by atoms with Crippen LogP contribution in [0.2, 0.25) is 0 Å². The summed E-state index contributed by atoms with van der Waals surface area (Å²) in [6.45, 7) is 0. The van der Waals surface area contributed by atoms with Gasteiger partial charge in [-0.3, -0.25) is 0 Å². The second-order valence-electron chi connectivity index (χ2n) is 5.49. The third-order valence-corrected chi connectivity index (χ3v) is 4.53. The largest absolute Gasteiger partial charge is 0.478 e. The van der Waals surface area contributed by atoms with Gasteiger partial charge in [0, 0.05) is 16.6 Å². The molecular weight excluding hydrogens is 332 g/mol. The van der Waals surface area contributed by atoms with Crippen LogP contribution < -0.4 is 0 Å². The first kappa shape index (κ1) is 14.3. The Hall–Kier alpha value is -1.62. The first-order chi connectivity index (χ1) is 10.1. The van der Waals surface area contributed by atoms with E-state index in [-0.39, 0.29) is 5.92 Å². The van der Waals surface area contributed by atoms with E-state index in [0.717, 1.165) is 41.5 Å². The van der Waals surface area contributed by atoms with Crippen LogP contribution in [0.5, 0.6) is 0 Å². The Labute approximate surface area is 131 Å². The molecule has 0 atom stereocenters. The molecule has 110 valence electrons. The van der Waals surface area contributed by atoms with Crippen molar-refractivity contribution < 1.29 is 9.90 Å². The summed E-state index contributed by atoms with van der Waals surface area (Å²) in [5.41, 5.74) is 1.94. The topological polar surface area (TPSA) is 55.1 Å². The third-order valence-electron chi connectivity index (χ3n) is 4.04. The molecule has 0 radical (unpaired) electrons. The van der Waals surface area contributed by atoms with Crippen molar-refractivity contribution >= 4 is 21.9 Å². The fourth-order valence-corrected chi connectivity index (χ4v) is 3.37. The van der Waals surface area contributed by atoms with Crippen molar-refractivity contribution in [3.63, 3.8) is 0 Å². The fraction of sp³-hybridized carbons (Fsp3) is 0.375. The van der Waals surface area contributed by atoms with Crippen LogP contribution in [-0.4, -0.2) is 20.9 Å². The summed E-state index contributed by atoms with van der Waals surface area (Å²) in [5.74, 6) is -0.616. The van der Waals surface area contributed by atoms with Crippen LogP contribution in [0.25, 0.3) is 5.69 Å². The second-order valence-corrected chi connectivity index (χ2v) is 6.41. The standard InChI is InChI=1S/C16H17BrN2O2/c17-12-7-4-8-13(9-12)19-10-14(16(20)21)15(18-19)11-5-2-1-3-6-11/h4,7-11H,1-3,5-6H2,(H,20,21). The van der Waals surface area contributed by atoms with E-state index in [1.54, 1.807) is 10.9 Å². The van der Waals surface area contributed by atoms with Gasteiger partial charge in [-0.15, -0.1) is 0 Å². The predicted octanol–water partition coefficient (Wildman–Crippen LogP) is 4.38. The smallest absolute Gasteiger partial charge is 0.339 e. The van der Waals surface area contributed by atoms with Gasteiger partial charge in [0.05, 0.1) is 11.4 Å². The highest BCUT2D eigenvalue weighted by atomic mass is 79.9. The molecule has 4 nitrogen and oxygen atoms in total. The molecule has 1 saturated carbocycles. The maximum absolute atomic E-state index is 11.5. The zero-order valence-electron chi connectivity index (χ0n) is 11.6. The first-order valence-corrected chi connectivity index (χ1v) is 8.03. The molecule has 0 aliphatic heterocycles. The quantitative estimate of drug-likeness (QED) is 0.895. The van der Waals surface area contributed by atoms with Crippen molar-refractivity contribution in [3.05, 3.63) is 46.2 Å². The minimum atomic E-state index is -0.892. The number of rotatable bonds is 3. The highest BCUT2D eigenvalue weighted by molar-refractivity contribution is 9.10. The van der Waals surface area contributed by atoms with Crippen molar-refractivity contribution in [3.8, 4) is 5.69 Å². The molecule has 1 aliphatic rings. The normalized spacial score (nSPS) is 16.0. The van der Waals surface area contributed by atoms with Gasteiger partial charge in [-0.05, 0) is 31.0 Å². The molecule has 2 aromatic rings. The van der Waals surface area contributed by atoms with Crippen LogP contribution in [0.3, 0.4) is 0 Å². The first-order valence-electron chi connectivity index (χ1n) is 7.24. The molecule has 3 rings (SSSR count). The van der Waals surface area contributed by atoms with Gasteiger partial charge in [-0.2, -0.15) is 5.10 Å². The van der Waals surface area contributed by atoms with Gasteiger partial charge in [0.2, 0.25) is 0 Å². The van der Waals surface area contributed by atoms with Crippen molar-refractivity contribution in [2.45, 2.75) is 38.0 Å². The molecule has 0 spiro atoms. The molecule has 21 heavy (non-hydrogen) atoms. The van der Waals surface area contributed by atoms with Crippen molar-refractivity contribution in [1.29, 1.82) is 0 Å². The highest BCUT2D eigenvalue weighted by Gasteiger charge is 2.25. The summed E-state index contributed by atoms with van der Waals surface area (Å²) >= 11 is 3.43. The van der Waals surface area contributed by atoms with Crippen molar-refractivity contribution in [2.24, 2.45) is 0 Å². The minimum Gasteiger partial charge on any atom is -0.478 e. The molecular formula is C16H17BrN2O2. The Balaban J connectivity index is 2.01. The molecule has 1 aromatic heterocycles. The van der Waals surface area contributed by atoms with Gasteiger partial charge in [-0.25, -0.2) is 9.48 Å². The molecule has 5 heteroatoms. The lowest BCUT2D eigenvalue weighted by Crippen LogP contribution is -2.10. The summed E-state index contributed by atoms with van der Waals surface area (Å²) in [4.78, 5) is 11.5. The van der Waals surface area contributed by atoms with Gasteiger partial charge in [-0.1, -0.05) is 41.3 Å². The van der Waals surface area contributed by atoms with Crippen LogP contribution >= 0.6 is 15.9 Å². The number of carboxylic acids is 1. The Kier molecular flexibility index (Phi) is 4.10. The fourth-order valence-electron chi connectivity index (χ4n) is 2.98. The molecule has 0 bridgehead atoms. The number of carboxylic acid groups (broad SMARTS) is 1. The van der Waals surface area contributed by atoms with Gasteiger partial charge in [0.1, 0.15) is 5.56 Å². The van der Waals surface area contributed by atoms with Gasteiger partial charge < -0.3 is 5.11 Å². The number of carbonyl (C=O) groups is 1. The summed E-state index contributed by atoms with van der Waals surface area (Å²) in [6, 6.07) is 7.71. The number of hydrogen-bond donors (Lipinski definition) is 1. The number of aromatic carboxylic acids is 1. The molecule has 0 amide bonds. The van der Waals surface area contributed by atoms with E-state index in [1.807, 2.05) is 24.3 Å². The monoisotopic (exact) mass is 348 g/mol. The van der Waals surface area contributed by atoms with E-state index >= 15 is 0 Å². The lowest BCUT2D eigenvalue weighted by Gasteiger charge is -2.20. The average molecular weight is 349 g/mol. The van der Waals surface area contributed by atoms with Crippen molar-refractivity contribution in [1.82, 2.24) is 9.78 Å². The van der Waals surface area contributed by atoms with Crippen LogP contribution in [0.4, 0.5) is 0 Å². The predicted molar refractivity (Wildman–Crippen MR) is 84.0 cm³/mol. The maximum atomic E-state index is 11.5. The molecule has 0 saturated heterocycles. The van der Waals surface area contributed by atoms with Crippen LogP contribution in [-0.2, 0) is 0 Å². The van der Waals surface area contributed by atoms with E-state index < -0.39 is 5.97 Å². The summed E-state index contributed by atoms with van der Waals surface area (Å²) in [7, 11) is 0. The summed E-state index contributed by atoms with van der Waals surface area (Å²) in [5, 5.41) is 14.0. The Morgan fingerprint density at radius 1 is 1.29 bits per heavy atom. The van der Waals surface area contributed by atoms with Crippen LogP contribution in [0.1, 0.15) is 54.1 Å². The molecule has 1 N–H and O–H groups in total. The van der Waals surface area contributed by atoms with Crippen LogP contribution in [0.15, 0.2) is 34.9 Å². The molecule has 1 heterocycles. The Bertz CT molecular complexity index is 660. The average Bonchev–Trinajstić information content (AvgIpc) is 2.93. The summed E-state index contributed by atoms with van der Waals surface area (Å²) < 4.78 is 2.63. The molecule has 1 aromatic carbocycles. The number of halogens is 1. The Morgan fingerprint density at radius 2 is 2.05 bits per heavy atom. The molecule has 1 aliphatic carbocycles. The zero-order chi connectivity index (χ0) is 14.8. The molecule has 1 fully saturated rings. The van der Waals surface area contributed by atoms with Crippen LogP contribution in [0, 0.1) is 0 Å². The summed E-state index contributed by atoms with van der Waals surface area (Å²) in [6.07, 6.45) is 7.27. The van der Waals surface area contributed by atoms with E-state index in [4.69, 9.17) is 0 Å². The number of aromatic nitrogens is 2. The lowest BCUT2D eigenvalue weighted by molar-refractivity contribution is 0.0694. The van der Waals surface area contributed by atoms with Gasteiger partial charge >= 0.3 is 5.97 Å². The van der Waals surface area contributed by atoms with E-state index in [0.29, 0.717) is 5.56 Å². The number of hydrogen-bond acceptors (Lipinski definition) is 2.